The van der Waals surface area contributed by atoms with Crippen molar-refractivity contribution in [2.24, 2.45) is 7.05 Å². The molecule has 0 bridgehead atoms. The molecule has 0 fully saturated rings. The van der Waals surface area contributed by atoms with Crippen molar-refractivity contribution >= 4 is 16.8 Å². The van der Waals surface area contributed by atoms with Crippen LogP contribution in [0.25, 0.3) is 10.9 Å². The maximum atomic E-state index is 13.8. The Hall–Kier alpha value is -2.82. The SMILES string of the molecule is CCOc1ccc(CNC(=O)c2cc3c(F)cccc3n2C)cc1. The Labute approximate surface area is 139 Å². The highest BCUT2D eigenvalue weighted by molar-refractivity contribution is 5.98. The van der Waals surface area contributed by atoms with Crippen LogP contribution in [-0.4, -0.2) is 17.1 Å². The van der Waals surface area contributed by atoms with E-state index in [9.17, 15) is 9.18 Å². The van der Waals surface area contributed by atoms with E-state index in [1.165, 1.54) is 6.07 Å². The van der Waals surface area contributed by atoms with Gasteiger partial charge in [0.2, 0.25) is 0 Å². The Balaban J connectivity index is 1.73. The van der Waals surface area contributed by atoms with Crippen molar-refractivity contribution in [1.29, 1.82) is 0 Å². The van der Waals surface area contributed by atoms with Gasteiger partial charge in [-0.25, -0.2) is 4.39 Å². The number of nitrogens with one attached hydrogen (secondary N) is 1. The van der Waals surface area contributed by atoms with Crippen molar-refractivity contribution in [3.63, 3.8) is 0 Å². The highest BCUT2D eigenvalue weighted by atomic mass is 19.1. The Morgan fingerprint density at radius 3 is 2.62 bits per heavy atom. The van der Waals surface area contributed by atoms with Crippen LogP contribution in [0.1, 0.15) is 23.0 Å². The van der Waals surface area contributed by atoms with E-state index in [4.69, 9.17) is 4.74 Å². The van der Waals surface area contributed by atoms with Crippen LogP contribution in [0, 0.1) is 5.82 Å². The summed E-state index contributed by atoms with van der Waals surface area (Å²) < 4.78 is 20.9. The van der Waals surface area contributed by atoms with Crippen molar-refractivity contribution in [3.05, 3.63) is 65.6 Å². The molecule has 5 heteroatoms. The summed E-state index contributed by atoms with van der Waals surface area (Å²) in [5, 5.41) is 3.32. The topological polar surface area (TPSA) is 43.3 Å². The van der Waals surface area contributed by atoms with Gasteiger partial charge in [0.05, 0.1) is 12.1 Å². The smallest absolute Gasteiger partial charge is 0.268 e. The molecule has 0 atom stereocenters. The Bertz CT molecular complexity index is 869. The highest BCUT2D eigenvalue weighted by Crippen LogP contribution is 2.21. The van der Waals surface area contributed by atoms with Crippen molar-refractivity contribution in [3.8, 4) is 5.75 Å². The molecule has 1 heterocycles. The van der Waals surface area contributed by atoms with E-state index in [2.05, 4.69) is 5.32 Å². The Kier molecular flexibility index (Phi) is 4.51. The Morgan fingerprint density at radius 2 is 1.96 bits per heavy atom. The molecule has 0 saturated carbocycles. The fourth-order valence-corrected chi connectivity index (χ4v) is 2.69. The molecule has 3 aromatic rings. The summed E-state index contributed by atoms with van der Waals surface area (Å²) >= 11 is 0. The zero-order valence-corrected chi connectivity index (χ0v) is 13.7. The molecule has 3 rings (SSSR count). The van der Waals surface area contributed by atoms with Gasteiger partial charge < -0.3 is 14.6 Å². The number of rotatable bonds is 5. The van der Waals surface area contributed by atoms with E-state index < -0.39 is 0 Å². The maximum absolute atomic E-state index is 13.8. The molecule has 0 radical (unpaired) electrons. The summed E-state index contributed by atoms with van der Waals surface area (Å²) in [6, 6.07) is 14.0. The van der Waals surface area contributed by atoms with Gasteiger partial charge in [-0.2, -0.15) is 0 Å². The number of hydrogen-bond donors (Lipinski definition) is 1. The number of carbonyl (C=O) groups is 1. The van der Waals surface area contributed by atoms with E-state index in [0.29, 0.717) is 29.7 Å². The van der Waals surface area contributed by atoms with Crippen molar-refractivity contribution < 1.29 is 13.9 Å². The number of amides is 1. The predicted molar refractivity (Wildman–Crippen MR) is 91.7 cm³/mol. The third-order valence-electron chi connectivity index (χ3n) is 3.95. The summed E-state index contributed by atoms with van der Waals surface area (Å²) in [6.07, 6.45) is 0. The quantitative estimate of drug-likeness (QED) is 0.778. The second kappa shape index (κ2) is 6.74. The van der Waals surface area contributed by atoms with Crippen LogP contribution in [0.4, 0.5) is 4.39 Å². The molecule has 0 aliphatic heterocycles. The first-order valence-corrected chi connectivity index (χ1v) is 7.84. The first kappa shape index (κ1) is 16.1. The third kappa shape index (κ3) is 3.11. The summed E-state index contributed by atoms with van der Waals surface area (Å²) in [6.45, 7) is 2.95. The van der Waals surface area contributed by atoms with Gasteiger partial charge >= 0.3 is 0 Å². The molecule has 24 heavy (non-hydrogen) atoms. The lowest BCUT2D eigenvalue weighted by molar-refractivity contribution is 0.0943. The minimum atomic E-state index is -0.325. The lowest BCUT2D eigenvalue weighted by Crippen LogP contribution is -2.24. The fourth-order valence-electron chi connectivity index (χ4n) is 2.69. The number of ether oxygens (including phenoxy) is 1. The number of hydrogen-bond acceptors (Lipinski definition) is 2. The third-order valence-corrected chi connectivity index (χ3v) is 3.95. The molecule has 0 aliphatic carbocycles. The first-order chi connectivity index (χ1) is 11.6. The lowest BCUT2D eigenvalue weighted by atomic mass is 10.2. The molecule has 2 aromatic carbocycles. The molecule has 0 spiro atoms. The van der Waals surface area contributed by atoms with Gasteiger partial charge in [-0.05, 0) is 42.8 Å². The van der Waals surface area contributed by atoms with Crippen LogP contribution in [0.3, 0.4) is 0 Å². The molecule has 1 N–H and O–H groups in total. The zero-order chi connectivity index (χ0) is 17.1. The van der Waals surface area contributed by atoms with Gasteiger partial charge in [-0.15, -0.1) is 0 Å². The highest BCUT2D eigenvalue weighted by Gasteiger charge is 2.15. The number of fused-ring (bicyclic) bond motifs is 1. The predicted octanol–water partition coefficient (Wildman–Crippen LogP) is 3.65. The summed E-state index contributed by atoms with van der Waals surface area (Å²) in [5.41, 5.74) is 2.10. The molecular weight excluding hydrogens is 307 g/mol. The van der Waals surface area contributed by atoms with Gasteiger partial charge in [0.25, 0.3) is 5.91 Å². The number of carbonyl (C=O) groups excluding carboxylic acids is 1. The number of aryl methyl sites for hydroxylation is 1. The van der Waals surface area contributed by atoms with E-state index in [0.717, 1.165) is 11.3 Å². The van der Waals surface area contributed by atoms with Gasteiger partial charge in [-0.1, -0.05) is 18.2 Å². The number of benzene rings is 2. The van der Waals surface area contributed by atoms with Crippen LogP contribution in [-0.2, 0) is 13.6 Å². The Morgan fingerprint density at radius 1 is 1.21 bits per heavy atom. The molecule has 0 unspecified atom stereocenters. The number of aromatic nitrogens is 1. The van der Waals surface area contributed by atoms with Crippen molar-refractivity contribution in [2.75, 3.05) is 6.61 Å². The zero-order valence-electron chi connectivity index (χ0n) is 13.7. The molecule has 124 valence electrons. The van der Waals surface area contributed by atoms with Gasteiger partial charge in [0, 0.05) is 19.0 Å². The largest absolute Gasteiger partial charge is 0.494 e. The average molecular weight is 326 g/mol. The first-order valence-electron chi connectivity index (χ1n) is 7.84. The second-order valence-corrected chi connectivity index (χ2v) is 5.52. The number of halogens is 1. The fraction of sp³-hybridized carbons (Fsp3) is 0.211. The van der Waals surface area contributed by atoms with Crippen LogP contribution in [0.5, 0.6) is 5.75 Å². The molecule has 0 aliphatic rings. The second-order valence-electron chi connectivity index (χ2n) is 5.52. The summed E-state index contributed by atoms with van der Waals surface area (Å²) in [4.78, 5) is 12.4. The maximum Gasteiger partial charge on any atom is 0.268 e. The van der Waals surface area contributed by atoms with Crippen LogP contribution in [0.2, 0.25) is 0 Å². The average Bonchev–Trinajstić information content (AvgIpc) is 2.93. The van der Waals surface area contributed by atoms with E-state index in [1.54, 1.807) is 29.8 Å². The summed E-state index contributed by atoms with van der Waals surface area (Å²) in [7, 11) is 1.76. The van der Waals surface area contributed by atoms with Crippen molar-refractivity contribution in [1.82, 2.24) is 9.88 Å². The van der Waals surface area contributed by atoms with Crippen LogP contribution < -0.4 is 10.1 Å². The molecule has 4 nitrogen and oxygen atoms in total. The van der Waals surface area contributed by atoms with Crippen LogP contribution >= 0.6 is 0 Å². The van der Waals surface area contributed by atoms with Gasteiger partial charge in [0.15, 0.2) is 0 Å². The monoisotopic (exact) mass is 326 g/mol. The lowest BCUT2D eigenvalue weighted by Gasteiger charge is -2.08. The molecule has 1 amide bonds. The van der Waals surface area contributed by atoms with E-state index >= 15 is 0 Å². The van der Waals surface area contributed by atoms with E-state index in [-0.39, 0.29) is 11.7 Å². The minimum Gasteiger partial charge on any atom is -0.494 e. The van der Waals surface area contributed by atoms with Gasteiger partial charge in [-0.3, -0.25) is 4.79 Å². The van der Waals surface area contributed by atoms with Crippen molar-refractivity contribution in [2.45, 2.75) is 13.5 Å². The minimum absolute atomic E-state index is 0.234. The molecular formula is C19H19FN2O2. The van der Waals surface area contributed by atoms with Gasteiger partial charge in [0.1, 0.15) is 17.3 Å². The summed E-state index contributed by atoms with van der Waals surface area (Å²) in [5.74, 6) is 0.243. The molecule has 1 aromatic heterocycles. The van der Waals surface area contributed by atoms with Crippen LogP contribution in [0.15, 0.2) is 48.5 Å². The van der Waals surface area contributed by atoms with E-state index in [1.807, 2.05) is 31.2 Å². The normalized spacial score (nSPS) is 10.8. The molecule has 0 saturated heterocycles. The standard InChI is InChI=1S/C19H19FN2O2/c1-3-24-14-9-7-13(8-10-14)12-21-19(23)18-11-15-16(20)5-4-6-17(15)22(18)2/h4-11H,3,12H2,1-2H3,(H,21,23). The number of nitrogens with zero attached hydrogens (tertiary/aromatic N) is 1.